The predicted molar refractivity (Wildman–Crippen MR) is 56.6 cm³/mol. The Hall–Kier alpha value is 0.354. The first-order valence-electron chi connectivity index (χ1n) is 3.54. The van der Waals surface area contributed by atoms with Gasteiger partial charge in [0, 0.05) is 6.61 Å². The lowest BCUT2D eigenvalue weighted by Crippen LogP contribution is -2.26. The molecule has 0 aromatic carbocycles. The van der Waals surface area contributed by atoms with E-state index in [2.05, 4.69) is 0 Å². The number of rotatable bonds is 2. The molecule has 1 aliphatic rings. The van der Waals surface area contributed by atoms with Crippen molar-refractivity contribution in [3.8, 4) is 0 Å². The average molecular weight is 194 g/mol. The molecule has 4 heteroatoms. The smallest absolute Gasteiger partial charge is 0.175 e. The molecule has 0 aromatic rings. The maximum atomic E-state index is 5.48. The molecular formula is C7H22O2Si2. The van der Waals surface area contributed by atoms with Gasteiger partial charge in [-0.05, 0) is 19.3 Å². The molecule has 1 aliphatic heterocycles. The van der Waals surface area contributed by atoms with Gasteiger partial charge in [-0.3, -0.25) is 0 Å². The zero-order valence-corrected chi connectivity index (χ0v) is 9.34. The molecule has 0 amide bonds. The standard InChI is InChI=1S/C5H14O2Si2.2CH4/c8-7-9-5-3-1-2-4-6-5;;/h5H,1-4,9H2,8H3;2*1H4. The van der Waals surface area contributed by atoms with E-state index in [1.54, 1.807) is 0 Å². The summed E-state index contributed by atoms with van der Waals surface area (Å²) in [6.45, 7) is 0.975. The van der Waals surface area contributed by atoms with Crippen LogP contribution in [-0.4, -0.2) is 32.6 Å². The maximum absolute atomic E-state index is 5.48. The fraction of sp³-hybridized carbons (Fsp3) is 1.00. The van der Waals surface area contributed by atoms with Gasteiger partial charge in [-0.1, -0.05) is 14.9 Å². The highest BCUT2D eigenvalue weighted by molar-refractivity contribution is 6.35. The molecule has 0 radical (unpaired) electrons. The van der Waals surface area contributed by atoms with E-state index in [0.717, 1.165) is 17.1 Å². The molecule has 11 heavy (non-hydrogen) atoms. The normalized spacial score (nSPS) is 24.5. The van der Waals surface area contributed by atoms with Gasteiger partial charge in [0.05, 0.1) is 5.73 Å². The van der Waals surface area contributed by atoms with Gasteiger partial charge in [0.2, 0.25) is 0 Å². The first-order chi connectivity index (χ1) is 4.43. The fourth-order valence-corrected chi connectivity index (χ4v) is 3.33. The highest BCUT2D eigenvalue weighted by Crippen LogP contribution is 2.10. The van der Waals surface area contributed by atoms with E-state index in [-0.39, 0.29) is 24.6 Å². The van der Waals surface area contributed by atoms with Crippen LogP contribution in [0.25, 0.3) is 0 Å². The third-order valence-electron chi connectivity index (χ3n) is 1.63. The monoisotopic (exact) mass is 194 g/mol. The SMILES string of the molecule is C.C.[SiH3]O[SiH2]C1CCCCO1. The Labute approximate surface area is 76.2 Å². The molecule has 2 nitrogen and oxygen atoms in total. The Morgan fingerprint density at radius 2 is 2.09 bits per heavy atom. The van der Waals surface area contributed by atoms with E-state index in [0.29, 0.717) is 5.73 Å². The predicted octanol–water partition coefficient (Wildman–Crippen LogP) is 0.166. The van der Waals surface area contributed by atoms with Gasteiger partial charge in [-0.2, -0.15) is 0 Å². The third-order valence-corrected chi connectivity index (χ3v) is 3.98. The molecule has 0 saturated carbocycles. The van der Waals surface area contributed by atoms with E-state index in [1.165, 1.54) is 19.3 Å². The second-order valence-electron chi connectivity index (χ2n) is 2.44. The van der Waals surface area contributed by atoms with Crippen LogP contribution in [0, 0.1) is 0 Å². The largest absolute Gasteiger partial charge is 0.466 e. The molecule has 1 rings (SSSR count). The van der Waals surface area contributed by atoms with Crippen LogP contribution in [0.5, 0.6) is 0 Å². The van der Waals surface area contributed by atoms with Gasteiger partial charge in [0.1, 0.15) is 10.5 Å². The van der Waals surface area contributed by atoms with Crippen molar-refractivity contribution in [2.45, 2.75) is 39.8 Å². The summed E-state index contributed by atoms with van der Waals surface area (Å²) in [5, 5.41) is 0. The Kier molecular flexibility index (Phi) is 10.7. The van der Waals surface area contributed by atoms with E-state index >= 15 is 0 Å². The van der Waals surface area contributed by atoms with Gasteiger partial charge < -0.3 is 8.85 Å². The first-order valence-corrected chi connectivity index (χ1v) is 5.75. The van der Waals surface area contributed by atoms with Crippen LogP contribution in [0.1, 0.15) is 34.1 Å². The van der Waals surface area contributed by atoms with Crippen LogP contribution in [0.3, 0.4) is 0 Å². The van der Waals surface area contributed by atoms with Crippen molar-refractivity contribution in [1.82, 2.24) is 0 Å². The van der Waals surface area contributed by atoms with Crippen LogP contribution in [-0.2, 0) is 8.85 Å². The highest BCUT2D eigenvalue weighted by Gasteiger charge is 2.12. The van der Waals surface area contributed by atoms with Crippen LogP contribution >= 0.6 is 0 Å². The van der Waals surface area contributed by atoms with Crippen LogP contribution < -0.4 is 0 Å². The van der Waals surface area contributed by atoms with Crippen molar-refractivity contribution >= 4 is 20.2 Å². The molecule has 0 bridgehead atoms. The summed E-state index contributed by atoms with van der Waals surface area (Å²) >= 11 is 0. The highest BCUT2D eigenvalue weighted by atomic mass is 28.3. The molecule has 0 aliphatic carbocycles. The molecule has 1 fully saturated rings. The lowest BCUT2D eigenvalue weighted by molar-refractivity contribution is 0.0601. The number of hydrogen-bond donors (Lipinski definition) is 0. The van der Waals surface area contributed by atoms with E-state index in [1.807, 2.05) is 0 Å². The maximum Gasteiger partial charge on any atom is 0.175 e. The summed E-state index contributed by atoms with van der Waals surface area (Å²) in [4.78, 5) is 0. The van der Waals surface area contributed by atoms with Crippen molar-refractivity contribution in [2.24, 2.45) is 0 Å². The number of hydrogen-bond acceptors (Lipinski definition) is 2. The molecular weight excluding hydrogens is 172 g/mol. The lowest BCUT2D eigenvalue weighted by atomic mass is 10.2. The molecule has 1 heterocycles. The molecule has 1 saturated heterocycles. The Balaban J connectivity index is 0. The molecule has 0 N–H and O–H groups in total. The van der Waals surface area contributed by atoms with Crippen molar-refractivity contribution in [3.63, 3.8) is 0 Å². The van der Waals surface area contributed by atoms with Crippen LogP contribution in [0.2, 0.25) is 0 Å². The van der Waals surface area contributed by atoms with Crippen LogP contribution in [0.4, 0.5) is 0 Å². The summed E-state index contributed by atoms with van der Waals surface area (Å²) in [7, 11) is 0.620. The average Bonchev–Trinajstić information content (AvgIpc) is 1.91. The van der Waals surface area contributed by atoms with Gasteiger partial charge in [0.25, 0.3) is 0 Å². The first kappa shape index (κ1) is 13.9. The minimum absolute atomic E-state index is 0. The van der Waals surface area contributed by atoms with Gasteiger partial charge >= 0.3 is 0 Å². The van der Waals surface area contributed by atoms with Crippen LogP contribution in [0.15, 0.2) is 0 Å². The summed E-state index contributed by atoms with van der Waals surface area (Å²) < 4.78 is 10.7. The minimum atomic E-state index is -0.285. The zero-order chi connectivity index (χ0) is 6.53. The van der Waals surface area contributed by atoms with Crippen molar-refractivity contribution in [1.29, 1.82) is 0 Å². The molecule has 1 unspecified atom stereocenters. The molecule has 0 aromatic heterocycles. The van der Waals surface area contributed by atoms with Crippen molar-refractivity contribution in [2.75, 3.05) is 6.61 Å². The molecule has 1 atom stereocenters. The van der Waals surface area contributed by atoms with E-state index in [4.69, 9.17) is 8.85 Å². The summed E-state index contributed by atoms with van der Waals surface area (Å²) in [6.07, 6.45) is 3.86. The minimum Gasteiger partial charge on any atom is -0.466 e. The summed E-state index contributed by atoms with van der Waals surface area (Å²) in [5.41, 5.74) is 0.552. The topological polar surface area (TPSA) is 18.5 Å². The van der Waals surface area contributed by atoms with E-state index in [9.17, 15) is 0 Å². The molecule has 0 spiro atoms. The van der Waals surface area contributed by atoms with Gasteiger partial charge in [0.15, 0.2) is 9.76 Å². The van der Waals surface area contributed by atoms with Crippen molar-refractivity contribution in [3.05, 3.63) is 0 Å². The number of ether oxygens (including phenoxy) is 1. The lowest BCUT2D eigenvalue weighted by Gasteiger charge is -2.20. The second-order valence-corrected chi connectivity index (χ2v) is 6.00. The summed E-state index contributed by atoms with van der Waals surface area (Å²) in [5.74, 6) is 0. The quantitative estimate of drug-likeness (QED) is 0.583. The van der Waals surface area contributed by atoms with E-state index < -0.39 is 0 Å². The second kappa shape index (κ2) is 8.45. The molecule has 70 valence electrons. The van der Waals surface area contributed by atoms with Gasteiger partial charge in [-0.15, -0.1) is 0 Å². The van der Waals surface area contributed by atoms with Gasteiger partial charge in [-0.25, -0.2) is 0 Å². The Morgan fingerprint density at radius 3 is 2.55 bits per heavy atom. The summed E-state index contributed by atoms with van der Waals surface area (Å²) in [6, 6.07) is 0. The third kappa shape index (κ3) is 5.61. The zero-order valence-electron chi connectivity index (χ0n) is 5.93. The Bertz CT molecular complexity index is 72.1. The Morgan fingerprint density at radius 1 is 1.36 bits per heavy atom. The van der Waals surface area contributed by atoms with Crippen molar-refractivity contribution < 1.29 is 8.85 Å². The fourth-order valence-electron chi connectivity index (χ4n) is 1.12.